The molecule has 0 spiro atoms. The number of hydrogen-bond acceptors (Lipinski definition) is 5. The summed E-state index contributed by atoms with van der Waals surface area (Å²) in [6.07, 6.45) is 3.41. The van der Waals surface area contributed by atoms with E-state index in [9.17, 15) is 5.11 Å². The Balaban J connectivity index is 1.92. The van der Waals surface area contributed by atoms with Gasteiger partial charge in [-0.25, -0.2) is 4.98 Å². The van der Waals surface area contributed by atoms with Crippen molar-refractivity contribution in [1.29, 1.82) is 0 Å². The third kappa shape index (κ3) is 3.89. The summed E-state index contributed by atoms with van der Waals surface area (Å²) in [6.45, 7) is 4.05. The van der Waals surface area contributed by atoms with Crippen molar-refractivity contribution in [2.45, 2.75) is 32.0 Å². The summed E-state index contributed by atoms with van der Waals surface area (Å²) in [7, 11) is 0. The lowest BCUT2D eigenvalue weighted by Crippen LogP contribution is -2.37. The van der Waals surface area contributed by atoms with E-state index in [0.717, 1.165) is 37.3 Å². The highest BCUT2D eigenvalue weighted by atomic mass is 16.5. The Hall–Kier alpha value is -1.17. The van der Waals surface area contributed by atoms with E-state index in [4.69, 9.17) is 9.84 Å². The Morgan fingerprint density at radius 3 is 2.84 bits per heavy atom. The molecule has 0 unspecified atom stereocenters. The maximum atomic E-state index is 9.60. The van der Waals surface area contributed by atoms with Crippen LogP contribution in [0.4, 0.5) is 5.82 Å². The first-order valence-electron chi connectivity index (χ1n) is 6.82. The van der Waals surface area contributed by atoms with E-state index in [-0.39, 0.29) is 12.7 Å². The van der Waals surface area contributed by atoms with Gasteiger partial charge in [-0.3, -0.25) is 0 Å². The Bertz CT molecular complexity index is 390. The number of anilines is 1. The van der Waals surface area contributed by atoms with Gasteiger partial charge in [-0.2, -0.15) is 0 Å². The molecule has 5 heteroatoms. The Kier molecular flexibility index (Phi) is 5.13. The van der Waals surface area contributed by atoms with E-state index in [1.807, 2.05) is 12.1 Å². The summed E-state index contributed by atoms with van der Waals surface area (Å²) >= 11 is 0. The van der Waals surface area contributed by atoms with E-state index in [2.05, 4.69) is 9.88 Å². The summed E-state index contributed by atoms with van der Waals surface area (Å²) in [6, 6.07) is 3.78. The molecule has 1 fully saturated rings. The van der Waals surface area contributed by atoms with Gasteiger partial charge in [-0.1, -0.05) is 0 Å². The van der Waals surface area contributed by atoms with E-state index >= 15 is 0 Å². The van der Waals surface area contributed by atoms with E-state index < -0.39 is 6.10 Å². The predicted octanol–water partition coefficient (Wildman–Crippen LogP) is 1.11. The molecule has 2 heterocycles. The first kappa shape index (κ1) is 14.2. The van der Waals surface area contributed by atoms with Gasteiger partial charge in [0.1, 0.15) is 5.82 Å². The number of nitrogens with zero attached hydrogens (tertiary/aromatic N) is 2. The van der Waals surface area contributed by atoms with Crippen LogP contribution in [0.15, 0.2) is 18.3 Å². The smallest absolute Gasteiger partial charge is 0.128 e. The van der Waals surface area contributed by atoms with Crippen molar-refractivity contribution in [3.63, 3.8) is 0 Å². The first-order valence-corrected chi connectivity index (χ1v) is 6.82. The lowest BCUT2D eigenvalue weighted by Gasteiger charge is -2.32. The van der Waals surface area contributed by atoms with Crippen molar-refractivity contribution < 1.29 is 14.9 Å². The normalized spacial score (nSPS) is 18.6. The maximum Gasteiger partial charge on any atom is 0.128 e. The van der Waals surface area contributed by atoms with Crippen LogP contribution in [0.1, 0.15) is 31.4 Å². The summed E-state index contributed by atoms with van der Waals surface area (Å²) in [4.78, 5) is 6.58. The highest BCUT2D eigenvalue weighted by Crippen LogP contribution is 2.22. The van der Waals surface area contributed by atoms with Gasteiger partial charge in [0.15, 0.2) is 0 Å². The van der Waals surface area contributed by atoms with Gasteiger partial charge in [0.05, 0.1) is 25.4 Å². The average Bonchev–Trinajstić information content (AvgIpc) is 2.46. The van der Waals surface area contributed by atoms with Crippen LogP contribution in [0, 0.1) is 0 Å². The number of aromatic nitrogens is 1. The SMILES string of the molecule is C[C@H](O)c1ccnc(N2CCC(OCCO)CC2)c1. The van der Waals surface area contributed by atoms with Crippen molar-refractivity contribution in [3.8, 4) is 0 Å². The van der Waals surface area contributed by atoms with Crippen molar-refractivity contribution in [3.05, 3.63) is 23.9 Å². The lowest BCUT2D eigenvalue weighted by atomic mass is 10.1. The van der Waals surface area contributed by atoms with E-state index in [0.29, 0.717) is 6.61 Å². The van der Waals surface area contributed by atoms with Gasteiger partial charge >= 0.3 is 0 Å². The molecule has 5 nitrogen and oxygen atoms in total. The molecule has 1 aromatic heterocycles. The molecule has 1 aliphatic heterocycles. The van der Waals surface area contributed by atoms with Crippen molar-refractivity contribution >= 4 is 5.82 Å². The minimum Gasteiger partial charge on any atom is -0.394 e. The summed E-state index contributed by atoms with van der Waals surface area (Å²) in [5.41, 5.74) is 0.892. The minimum absolute atomic E-state index is 0.0816. The standard InChI is InChI=1S/C14H22N2O3/c1-11(18)12-2-5-15-14(10-12)16-6-3-13(4-7-16)19-9-8-17/h2,5,10-11,13,17-18H,3-4,6-9H2,1H3/t11-/m0/s1. The highest BCUT2D eigenvalue weighted by molar-refractivity contribution is 5.42. The Morgan fingerprint density at radius 2 is 2.21 bits per heavy atom. The summed E-state index contributed by atoms with van der Waals surface area (Å²) in [5.74, 6) is 0.916. The zero-order valence-corrected chi connectivity index (χ0v) is 11.3. The molecule has 0 radical (unpaired) electrons. The van der Waals surface area contributed by atoms with Gasteiger partial charge in [-0.05, 0) is 37.5 Å². The van der Waals surface area contributed by atoms with Crippen LogP contribution >= 0.6 is 0 Å². The van der Waals surface area contributed by atoms with Crippen LogP contribution in [-0.2, 0) is 4.74 Å². The second kappa shape index (κ2) is 6.84. The molecule has 1 atom stereocenters. The van der Waals surface area contributed by atoms with Crippen LogP contribution in [0.3, 0.4) is 0 Å². The number of hydrogen-bond donors (Lipinski definition) is 2. The van der Waals surface area contributed by atoms with Gasteiger partial charge in [0.25, 0.3) is 0 Å². The minimum atomic E-state index is -0.466. The fraction of sp³-hybridized carbons (Fsp3) is 0.643. The molecule has 0 aliphatic carbocycles. The first-order chi connectivity index (χ1) is 9.20. The van der Waals surface area contributed by atoms with Crippen molar-refractivity contribution in [2.24, 2.45) is 0 Å². The zero-order chi connectivity index (χ0) is 13.7. The number of aliphatic hydroxyl groups is 2. The molecule has 0 bridgehead atoms. The van der Waals surface area contributed by atoms with Gasteiger partial charge in [0.2, 0.25) is 0 Å². The summed E-state index contributed by atoms with van der Waals surface area (Å²) in [5, 5.41) is 18.3. The van der Waals surface area contributed by atoms with Gasteiger partial charge in [0, 0.05) is 19.3 Å². The number of piperidine rings is 1. The molecule has 0 amide bonds. The third-order valence-corrected chi connectivity index (χ3v) is 3.46. The molecule has 0 aromatic carbocycles. The van der Waals surface area contributed by atoms with Crippen LogP contribution in [-0.4, -0.2) is 47.6 Å². The van der Waals surface area contributed by atoms with Crippen molar-refractivity contribution in [2.75, 3.05) is 31.2 Å². The summed E-state index contributed by atoms with van der Waals surface area (Å²) < 4.78 is 5.54. The molecule has 1 aliphatic rings. The topological polar surface area (TPSA) is 65.8 Å². The van der Waals surface area contributed by atoms with Crippen LogP contribution in [0.2, 0.25) is 0 Å². The largest absolute Gasteiger partial charge is 0.394 e. The average molecular weight is 266 g/mol. The maximum absolute atomic E-state index is 9.60. The third-order valence-electron chi connectivity index (χ3n) is 3.46. The van der Waals surface area contributed by atoms with Gasteiger partial charge in [-0.15, -0.1) is 0 Å². The molecular weight excluding hydrogens is 244 g/mol. The molecule has 1 aromatic rings. The van der Waals surface area contributed by atoms with Gasteiger partial charge < -0.3 is 19.8 Å². The van der Waals surface area contributed by atoms with Crippen molar-refractivity contribution in [1.82, 2.24) is 4.98 Å². The molecule has 0 saturated carbocycles. The number of rotatable bonds is 5. The molecule has 106 valence electrons. The second-order valence-corrected chi connectivity index (χ2v) is 4.90. The predicted molar refractivity (Wildman–Crippen MR) is 73.1 cm³/mol. The van der Waals surface area contributed by atoms with Crippen LogP contribution in [0.5, 0.6) is 0 Å². The number of aliphatic hydroxyl groups excluding tert-OH is 2. The monoisotopic (exact) mass is 266 g/mol. The van der Waals surface area contributed by atoms with E-state index in [1.165, 1.54) is 0 Å². The molecule has 1 saturated heterocycles. The lowest BCUT2D eigenvalue weighted by molar-refractivity contribution is 0.0158. The molecule has 2 N–H and O–H groups in total. The quantitative estimate of drug-likeness (QED) is 0.836. The number of ether oxygens (including phenoxy) is 1. The van der Waals surface area contributed by atoms with Crippen LogP contribution < -0.4 is 4.90 Å². The number of pyridine rings is 1. The Labute approximate surface area is 113 Å². The Morgan fingerprint density at radius 1 is 1.47 bits per heavy atom. The van der Waals surface area contributed by atoms with E-state index in [1.54, 1.807) is 13.1 Å². The molecular formula is C14H22N2O3. The fourth-order valence-corrected chi connectivity index (χ4v) is 2.34. The second-order valence-electron chi connectivity index (χ2n) is 4.90. The fourth-order valence-electron chi connectivity index (χ4n) is 2.34. The molecule has 2 rings (SSSR count). The van der Waals surface area contributed by atoms with Crippen LogP contribution in [0.25, 0.3) is 0 Å². The highest BCUT2D eigenvalue weighted by Gasteiger charge is 2.20. The zero-order valence-electron chi connectivity index (χ0n) is 11.3. The molecule has 19 heavy (non-hydrogen) atoms.